The van der Waals surface area contributed by atoms with Crippen LogP contribution in [0.1, 0.15) is 58.1 Å². The van der Waals surface area contributed by atoms with Crippen LogP contribution >= 0.6 is 0 Å². The van der Waals surface area contributed by atoms with Crippen molar-refractivity contribution in [2.45, 2.75) is 70.4 Å². The van der Waals surface area contributed by atoms with Crippen molar-refractivity contribution in [1.82, 2.24) is 35.9 Å². The molecule has 1 fully saturated rings. The number of aromatic amines is 2. The van der Waals surface area contributed by atoms with Gasteiger partial charge in [0.05, 0.1) is 10.9 Å². The van der Waals surface area contributed by atoms with Crippen LogP contribution in [0.2, 0.25) is 0 Å². The number of H-pyrrole nitrogens is 2. The summed E-state index contributed by atoms with van der Waals surface area (Å²) in [5.41, 5.74) is 3.69. The molecule has 2 aromatic carbocycles. The molecule has 7 rings (SSSR count). The molecule has 3 aromatic heterocycles. The highest BCUT2D eigenvalue weighted by Gasteiger charge is 2.50. The number of hydrogen-bond acceptors (Lipinski definition) is 9. The number of nitrogens with zero attached hydrogens (tertiary/aromatic N) is 4. The van der Waals surface area contributed by atoms with Crippen LogP contribution in [0.5, 0.6) is 17.4 Å². The molecule has 5 aromatic rings. The van der Waals surface area contributed by atoms with Gasteiger partial charge < -0.3 is 30.2 Å². The second-order valence-corrected chi connectivity index (χ2v) is 12.5. The molecular formula is C34H40N8O4. The van der Waals surface area contributed by atoms with E-state index in [4.69, 9.17) is 9.47 Å². The summed E-state index contributed by atoms with van der Waals surface area (Å²) in [6, 6.07) is 15.2. The first-order valence-corrected chi connectivity index (χ1v) is 15.3. The summed E-state index contributed by atoms with van der Waals surface area (Å²) in [7, 11) is 0. The van der Waals surface area contributed by atoms with Crippen molar-refractivity contribution in [1.29, 1.82) is 0 Å². The maximum absolute atomic E-state index is 12.9. The molecule has 0 saturated heterocycles. The summed E-state index contributed by atoms with van der Waals surface area (Å²) < 4.78 is 12.3. The zero-order valence-corrected chi connectivity index (χ0v) is 25.3. The number of anilines is 1. The zero-order valence-electron chi connectivity index (χ0n) is 25.3. The van der Waals surface area contributed by atoms with E-state index < -0.39 is 11.5 Å². The number of tetrazole rings is 1. The van der Waals surface area contributed by atoms with Crippen molar-refractivity contribution in [2.24, 2.45) is 0 Å². The van der Waals surface area contributed by atoms with Crippen molar-refractivity contribution in [2.75, 3.05) is 18.5 Å². The van der Waals surface area contributed by atoms with Crippen LogP contribution in [0.4, 0.5) is 5.69 Å². The van der Waals surface area contributed by atoms with Crippen molar-refractivity contribution >= 4 is 22.5 Å². The van der Waals surface area contributed by atoms with Crippen LogP contribution in [0.15, 0.2) is 60.9 Å². The third-order valence-corrected chi connectivity index (χ3v) is 8.84. The summed E-state index contributed by atoms with van der Waals surface area (Å²) in [4.78, 5) is 20.6. The Labute approximate surface area is 267 Å². The van der Waals surface area contributed by atoms with Gasteiger partial charge in [-0.05, 0) is 68.2 Å². The molecule has 1 aliphatic heterocycles. The summed E-state index contributed by atoms with van der Waals surface area (Å²) in [6.07, 6.45) is 7.35. The third-order valence-electron chi connectivity index (χ3n) is 8.84. The molecule has 5 N–H and O–H groups in total. The van der Waals surface area contributed by atoms with Crippen LogP contribution in [0.3, 0.4) is 0 Å². The number of para-hydroxylation sites is 1. The van der Waals surface area contributed by atoms with Crippen LogP contribution in [0.25, 0.3) is 22.3 Å². The van der Waals surface area contributed by atoms with Gasteiger partial charge in [0, 0.05) is 52.7 Å². The van der Waals surface area contributed by atoms with E-state index in [9.17, 15) is 9.90 Å². The summed E-state index contributed by atoms with van der Waals surface area (Å²) in [5.74, 6) is 2.33. The molecule has 4 heterocycles. The molecule has 1 atom stereocenters. The lowest BCUT2D eigenvalue weighted by molar-refractivity contribution is -0.120. The number of rotatable bonds is 11. The van der Waals surface area contributed by atoms with E-state index >= 15 is 0 Å². The predicted molar refractivity (Wildman–Crippen MR) is 175 cm³/mol. The first-order valence-electron chi connectivity index (χ1n) is 15.3. The normalized spacial score (nSPS) is 15.8. The minimum atomic E-state index is -0.730. The number of carbonyl (C=O) groups is 1. The molecule has 1 amide bonds. The number of ether oxygens (including phenoxy) is 2. The van der Waals surface area contributed by atoms with Gasteiger partial charge in [0.1, 0.15) is 18.5 Å². The third kappa shape index (κ3) is 5.93. The van der Waals surface area contributed by atoms with E-state index in [1.165, 1.54) is 0 Å². The van der Waals surface area contributed by atoms with E-state index in [1.807, 2.05) is 42.6 Å². The molecule has 0 bridgehead atoms. The van der Waals surface area contributed by atoms with Gasteiger partial charge in [-0.25, -0.2) is 4.98 Å². The number of benzene rings is 2. The second-order valence-electron chi connectivity index (χ2n) is 12.5. The van der Waals surface area contributed by atoms with Gasteiger partial charge in [0.25, 0.3) is 0 Å². The van der Waals surface area contributed by atoms with Gasteiger partial charge in [-0.15, -0.1) is 10.2 Å². The molecule has 46 heavy (non-hydrogen) atoms. The standard InChI is InChI=1S/C33H36N8O4.CH4/c1-32(2,36-18-22(42)19-44-25-9-6-8-24-28(25)33(31(43)37-24)13-3-4-14-33)15-21-17-35-29-23(21)7-5-10-26(29)45-27-12-11-20(16-34-27)30-38-40-41-39-30;/h5-12,16-17,22,35-36,42H,3-4,13-15,18-19H2,1-2H3,(H,37,43)(H,38,39,40,41);1H4/t22-;/m0./s1. The number of β-amino-alcohol motifs (C(OH)–C–C–N with tert-alkyl or cyclic N) is 1. The molecule has 12 heteroatoms. The first-order chi connectivity index (χ1) is 21.8. The first kappa shape index (κ1) is 31.2. The highest BCUT2D eigenvalue weighted by atomic mass is 16.5. The Morgan fingerprint density at radius 1 is 1.09 bits per heavy atom. The maximum atomic E-state index is 12.9. The van der Waals surface area contributed by atoms with E-state index in [-0.39, 0.29) is 25.5 Å². The number of hydrogen-bond donors (Lipinski definition) is 5. The fourth-order valence-corrected chi connectivity index (χ4v) is 6.62. The van der Waals surface area contributed by atoms with Crippen LogP contribution in [-0.4, -0.2) is 66.4 Å². The number of aromatic nitrogens is 6. The maximum Gasteiger partial charge on any atom is 0.235 e. The number of pyridine rings is 1. The average molecular weight is 625 g/mol. The Hall–Kier alpha value is -4.81. The van der Waals surface area contributed by atoms with Crippen molar-refractivity contribution in [3.63, 3.8) is 0 Å². The molecule has 2 aliphatic rings. The van der Waals surface area contributed by atoms with Gasteiger partial charge in [0.15, 0.2) is 5.75 Å². The Morgan fingerprint density at radius 2 is 1.89 bits per heavy atom. The summed E-state index contributed by atoms with van der Waals surface area (Å²) in [5, 5.41) is 32.4. The predicted octanol–water partition coefficient (Wildman–Crippen LogP) is 5.29. The molecule has 0 radical (unpaired) electrons. The van der Waals surface area contributed by atoms with Gasteiger partial charge in [-0.2, -0.15) is 5.21 Å². The Balaban J connectivity index is 0.00000372. The van der Waals surface area contributed by atoms with E-state index in [1.54, 1.807) is 12.3 Å². The highest BCUT2D eigenvalue weighted by Crippen LogP contribution is 2.52. The summed E-state index contributed by atoms with van der Waals surface area (Å²) >= 11 is 0. The van der Waals surface area contributed by atoms with Gasteiger partial charge >= 0.3 is 0 Å². The molecular weight excluding hydrogens is 584 g/mol. The SMILES string of the molecule is C.CC(C)(Cc1c[nH]c2c(Oc3ccc(-c4nn[nH]n4)cn3)cccc12)NC[C@H](O)COc1cccc2c1C1(CCCC1)C(=O)N2. The number of amides is 1. The molecule has 240 valence electrons. The Bertz CT molecular complexity index is 1810. The molecule has 12 nitrogen and oxygen atoms in total. The molecule has 1 saturated carbocycles. The zero-order chi connectivity index (χ0) is 31.0. The highest BCUT2D eigenvalue weighted by molar-refractivity contribution is 6.07. The average Bonchev–Trinajstić information content (AvgIpc) is 3.85. The van der Waals surface area contributed by atoms with Gasteiger partial charge in [0.2, 0.25) is 17.6 Å². The lowest BCUT2D eigenvalue weighted by Crippen LogP contribution is -2.46. The minimum absolute atomic E-state index is 0. The fourth-order valence-electron chi connectivity index (χ4n) is 6.62. The number of aliphatic hydroxyl groups is 1. The van der Waals surface area contributed by atoms with Gasteiger partial charge in [-0.3, -0.25) is 4.79 Å². The van der Waals surface area contributed by atoms with E-state index in [0.29, 0.717) is 36.2 Å². The van der Waals surface area contributed by atoms with E-state index in [2.05, 4.69) is 61.1 Å². The smallest absolute Gasteiger partial charge is 0.235 e. The lowest BCUT2D eigenvalue weighted by atomic mass is 9.79. The molecule has 1 aliphatic carbocycles. The van der Waals surface area contributed by atoms with Crippen molar-refractivity contribution in [3.05, 3.63) is 72.1 Å². The van der Waals surface area contributed by atoms with Crippen molar-refractivity contribution < 1.29 is 19.4 Å². The molecule has 0 unspecified atom stereocenters. The largest absolute Gasteiger partial charge is 0.490 e. The van der Waals surface area contributed by atoms with Crippen LogP contribution < -0.4 is 20.1 Å². The Morgan fingerprint density at radius 3 is 2.65 bits per heavy atom. The monoisotopic (exact) mass is 624 g/mol. The number of fused-ring (bicyclic) bond motifs is 3. The molecule has 1 spiro atoms. The minimum Gasteiger partial charge on any atom is -0.490 e. The van der Waals surface area contributed by atoms with Crippen molar-refractivity contribution in [3.8, 4) is 28.8 Å². The number of aliphatic hydroxyl groups excluding tert-OH is 1. The number of nitrogens with one attached hydrogen (secondary N) is 4. The van der Waals surface area contributed by atoms with E-state index in [0.717, 1.165) is 59.0 Å². The quantitative estimate of drug-likeness (QED) is 0.131. The lowest BCUT2D eigenvalue weighted by Gasteiger charge is -2.28. The summed E-state index contributed by atoms with van der Waals surface area (Å²) in [6.45, 7) is 4.70. The van der Waals surface area contributed by atoms with Crippen LogP contribution in [0, 0.1) is 0 Å². The Kier molecular flexibility index (Phi) is 8.49. The van der Waals surface area contributed by atoms with Gasteiger partial charge in [-0.1, -0.05) is 38.5 Å². The second kappa shape index (κ2) is 12.5. The topological polar surface area (TPSA) is 163 Å². The number of carbonyl (C=O) groups excluding carboxylic acids is 1. The fraction of sp³-hybridized carbons (Fsp3) is 0.382. The van der Waals surface area contributed by atoms with Crippen LogP contribution in [-0.2, 0) is 16.6 Å².